The van der Waals surface area contributed by atoms with E-state index < -0.39 is 0 Å². The Morgan fingerprint density at radius 3 is 2.67 bits per heavy atom. The van der Waals surface area contributed by atoms with Gasteiger partial charge in [0.25, 0.3) is 0 Å². The first kappa shape index (κ1) is 15.7. The Bertz CT molecular complexity index is 771. The normalized spacial score (nSPS) is 16.9. The summed E-state index contributed by atoms with van der Waals surface area (Å²) in [6, 6.07) is 12.2. The van der Waals surface area contributed by atoms with Crippen molar-refractivity contribution in [2.75, 3.05) is 32.7 Å². The molecule has 2 aromatic heterocycles. The van der Waals surface area contributed by atoms with Gasteiger partial charge in [-0.15, -0.1) is 0 Å². The van der Waals surface area contributed by atoms with Gasteiger partial charge in [-0.05, 0) is 42.6 Å². The smallest absolute Gasteiger partial charge is 0.174 e. The summed E-state index contributed by atoms with van der Waals surface area (Å²) in [5.74, 6) is 1.03. The van der Waals surface area contributed by atoms with Gasteiger partial charge in [-0.1, -0.05) is 19.1 Å². The summed E-state index contributed by atoms with van der Waals surface area (Å²) >= 11 is 1.54. The zero-order valence-corrected chi connectivity index (χ0v) is 14.7. The van der Waals surface area contributed by atoms with Crippen molar-refractivity contribution < 1.29 is 4.42 Å². The second kappa shape index (κ2) is 7.01. The number of imidazole rings is 1. The van der Waals surface area contributed by atoms with E-state index in [1.54, 1.807) is 11.8 Å². The summed E-state index contributed by atoms with van der Waals surface area (Å²) in [6.45, 7) is 8.78. The number of H-pyrrole nitrogens is 1. The number of nitrogens with zero attached hydrogens (tertiary/aromatic N) is 3. The Morgan fingerprint density at radius 2 is 1.88 bits per heavy atom. The van der Waals surface area contributed by atoms with Crippen LogP contribution in [0.15, 0.2) is 51.1 Å². The monoisotopic (exact) mass is 342 g/mol. The first-order valence-corrected chi connectivity index (χ1v) is 9.28. The van der Waals surface area contributed by atoms with Crippen molar-refractivity contribution in [3.8, 4) is 0 Å². The van der Waals surface area contributed by atoms with Crippen LogP contribution in [0, 0.1) is 0 Å². The predicted octanol–water partition coefficient (Wildman–Crippen LogP) is 3.44. The summed E-state index contributed by atoms with van der Waals surface area (Å²) in [5, 5.41) is 1.75. The molecule has 0 atom stereocenters. The Hall–Kier alpha value is -1.76. The molecule has 3 aromatic rings. The lowest BCUT2D eigenvalue weighted by Crippen LogP contribution is -2.45. The van der Waals surface area contributed by atoms with E-state index in [4.69, 9.17) is 4.42 Å². The molecule has 4 rings (SSSR count). The summed E-state index contributed by atoms with van der Waals surface area (Å²) in [5.41, 5.74) is 2.04. The van der Waals surface area contributed by atoms with E-state index >= 15 is 0 Å². The molecule has 1 aliphatic rings. The maximum Gasteiger partial charge on any atom is 0.174 e. The van der Waals surface area contributed by atoms with Crippen molar-refractivity contribution in [2.24, 2.45) is 0 Å². The van der Waals surface area contributed by atoms with E-state index in [2.05, 4.69) is 32.8 Å². The highest BCUT2D eigenvalue weighted by atomic mass is 32.2. The Morgan fingerprint density at radius 1 is 1.08 bits per heavy atom. The molecule has 126 valence electrons. The molecule has 24 heavy (non-hydrogen) atoms. The van der Waals surface area contributed by atoms with Gasteiger partial charge in [0.15, 0.2) is 10.2 Å². The van der Waals surface area contributed by atoms with Crippen LogP contribution in [0.2, 0.25) is 0 Å². The van der Waals surface area contributed by atoms with Crippen LogP contribution in [0.25, 0.3) is 11.0 Å². The fourth-order valence-electron chi connectivity index (χ4n) is 3.06. The number of likely N-dealkylation sites (N-methyl/N-ethyl adjacent to an activating group) is 1. The number of benzene rings is 1. The van der Waals surface area contributed by atoms with Gasteiger partial charge >= 0.3 is 0 Å². The van der Waals surface area contributed by atoms with E-state index in [9.17, 15) is 0 Å². The largest absolute Gasteiger partial charge is 0.453 e. The quantitative estimate of drug-likeness (QED) is 0.770. The zero-order valence-electron chi connectivity index (χ0n) is 13.9. The van der Waals surface area contributed by atoms with Gasteiger partial charge in [-0.2, -0.15) is 0 Å². The highest BCUT2D eigenvalue weighted by Crippen LogP contribution is 2.29. The molecule has 1 saturated heterocycles. The van der Waals surface area contributed by atoms with Crippen LogP contribution in [0.3, 0.4) is 0 Å². The van der Waals surface area contributed by atoms with Crippen LogP contribution >= 0.6 is 11.8 Å². The molecule has 1 fully saturated rings. The first-order valence-electron chi connectivity index (χ1n) is 8.46. The van der Waals surface area contributed by atoms with Crippen molar-refractivity contribution in [3.05, 3.63) is 42.2 Å². The summed E-state index contributed by atoms with van der Waals surface area (Å²) in [7, 11) is 0. The fraction of sp³-hybridized carbons (Fsp3) is 0.389. The number of hydrogen-bond acceptors (Lipinski definition) is 5. The van der Waals surface area contributed by atoms with Gasteiger partial charge in [0, 0.05) is 26.2 Å². The Labute approximate surface area is 146 Å². The SMILES string of the molecule is CCN1CCN(Cc2ccc(Sc3nc4ccccc4[nH]3)o2)CC1. The number of aromatic amines is 1. The molecule has 3 heterocycles. The fourth-order valence-corrected chi connectivity index (χ4v) is 3.84. The van der Waals surface area contributed by atoms with Gasteiger partial charge in [0.2, 0.25) is 0 Å². The summed E-state index contributed by atoms with van der Waals surface area (Å²) in [4.78, 5) is 12.9. The maximum atomic E-state index is 5.99. The van der Waals surface area contributed by atoms with Crippen LogP contribution in [-0.2, 0) is 6.54 Å². The second-order valence-electron chi connectivity index (χ2n) is 6.09. The highest BCUT2D eigenvalue weighted by molar-refractivity contribution is 7.99. The molecular weight excluding hydrogens is 320 g/mol. The number of fused-ring (bicyclic) bond motifs is 1. The van der Waals surface area contributed by atoms with Crippen molar-refractivity contribution in [3.63, 3.8) is 0 Å². The van der Waals surface area contributed by atoms with Gasteiger partial charge < -0.3 is 14.3 Å². The lowest BCUT2D eigenvalue weighted by atomic mass is 10.3. The van der Waals surface area contributed by atoms with Gasteiger partial charge in [0.05, 0.1) is 17.6 Å². The van der Waals surface area contributed by atoms with Crippen LogP contribution in [0.5, 0.6) is 0 Å². The van der Waals surface area contributed by atoms with Gasteiger partial charge in [0.1, 0.15) is 5.76 Å². The molecule has 1 N–H and O–H groups in total. The van der Waals surface area contributed by atoms with Crippen LogP contribution in [-0.4, -0.2) is 52.5 Å². The van der Waals surface area contributed by atoms with E-state index in [1.807, 2.05) is 30.3 Å². The molecule has 0 bridgehead atoms. The molecule has 6 heteroatoms. The molecule has 0 unspecified atom stereocenters. The minimum atomic E-state index is 0.869. The van der Waals surface area contributed by atoms with Gasteiger partial charge in [-0.25, -0.2) is 4.98 Å². The molecule has 1 aliphatic heterocycles. The second-order valence-corrected chi connectivity index (χ2v) is 7.09. The summed E-state index contributed by atoms with van der Waals surface area (Å²) < 4.78 is 5.99. The number of para-hydroxylation sites is 2. The number of furan rings is 1. The Balaban J connectivity index is 1.38. The van der Waals surface area contributed by atoms with Crippen LogP contribution in [0.1, 0.15) is 12.7 Å². The third kappa shape index (κ3) is 3.50. The van der Waals surface area contributed by atoms with E-state index in [1.165, 1.54) is 0 Å². The van der Waals surface area contributed by atoms with Crippen molar-refractivity contribution in [1.29, 1.82) is 0 Å². The average Bonchev–Trinajstić information content (AvgIpc) is 3.22. The first-order chi connectivity index (χ1) is 11.8. The third-order valence-corrected chi connectivity index (χ3v) is 5.30. The molecule has 1 aromatic carbocycles. The topological polar surface area (TPSA) is 48.3 Å². The minimum Gasteiger partial charge on any atom is -0.453 e. The lowest BCUT2D eigenvalue weighted by Gasteiger charge is -2.33. The zero-order chi connectivity index (χ0) is 16.4. The van der Waals surface area contributed by atoms with Crippen molar-refractivity contribution in [2.45, 2.75) is 23.7 Å². The highest BCUT2D eigenvalue weighted by Gasteiger charge is 2.17. The summed E-state index contributed by atoms with van der Waals surface area (Å²) in [6.07, 6.45) is 0. The molecule has 0 saturated carbocycles. The van der Waals surface area contributed by atoms with E-state index in [0.717, 1.165) is 66.3 Å². The molecule has 0 radical (unpaired) electrons. The Kier molecular flexibility index (Phi) is 4.60. The van der Waals surface area contributed by atoms with Crippen LogP contribution < -0.4 is 0 Å². The number of piperazine rings is 1. The number of rotatable bonds is 5. The maximum absolute atomic E-state index is 5.99. The predicted molar refractivity (Wildman–Crippen MR) is 96.3 cm³/mol. The number of aromatic nitrogens is 2. The van der Waals surface area contributed by atoms with Crippen LogP contribution in [0.4, 0.5) is 0 Å². The molecule has 5 nitrogen and oxygen atoms in total. The third-order valence-electron chi connectivity index (χ3n) is 4.49. The van der Waals surface area contributed by atoms with E-state index in [-0.39, 0.29) is 0 Å². The van der Waals surface area contributed by atoms with Crippen molar-refractivity contribution in [1.82, 2.24) is 19.8 Å². The minimum absolute atomic E-state index is 0.869. The lowest BCUT2D eigenvalue weighted by molar-refractivity contribution is 0.124. The standard InChI is InChI=1S/C18H22N4OS/c1-2-21-9-11-22(12-10-21)13-14-7-8-17(23-14)24-18-19-15-5-3-4-6-16(15)20-18/h3-8H,2,9-13H2,1H3,(H,19,20). The molecule has 0 amide bonds. The molecular formula is C18H22N4OS. The number of hydrogen-bond donors (Lipinski definition) is 1. The van der Waals surface area contributed by atoms with Gasteiger partial charge in [-0.3, -0.25) is 4.90 Å². The molecule has 0 aliphatic carbocycles. The van der Waals surface area contributed by atoms with Crippen molar-refractivity contribution >= 4 is 22.8 Å². The number of nitrogens with one attached hydrogen (secondary N) is 1. The average molecular weight is 342 g/mol. The molecule has 0 spiro atoms. The van der Waals surface area contributed by atoms with E-state index in [0.29, 0.717) is 0 Å².